The molecule has 2 atom stereocenters. The predicted molar refractivity (Wildman–Crippen MR) is 87.0 cm³/mol. The van der Waals surface area contributed by atoms with E-state index < -0.39 is 0 Å². The smallest absolute Gasteiger partial charge is 0.227 e. The minimum Gasteiger partial charge on any atom is -0.328 e. The molecular weight excluding hydrogens is 276 g/mol. The van der Waals surface area contributed by atoms with Crippen LogP contribution in [0.1, 0.15) is 30.7 Å². The monoisotopic (exact) mass is 298 g/mol. The van der Waals surface area contributed by atoms with Gasteiger partial charge in [-0.25, -0.2) is 4.68 Å². The lowest BCUT2D eigenvalue weighted by molar-refractivity contribution is -0.119. The SMILES string of the molecule is Cc1nn(-c2ccccc2)c(C)c1NC(=O)C1CCC(N)C1. The molecule has 0 aliphatic heterocycles. The summed E-state index contributed by atoms with van der Waals surface area (Å²) in [6, 6.07) is 10.1. The number of hydrogen-bond acceptors (Lipinski definition) is 3. The maximum atomic E-state index is 12.4. The Balaban J connectivity index is 1.83. The van der Waals surface area contributed by atoms with E-state index in [9.17, 15) is 4.79 Å². The molecule has 0 bridgehead atoms. The molecule has 3 N–H and O–H groups in total. The van der Waals surface area contributed by atoms with Crippen molar-refractivity contribution in [2.75, 3.05) is 5.32 Å². The highest BCUT2D eigenvalue weighted by molar-refractivity contribution is 5.94. The Morgan fingerprint density at radius 3 is 2.64 bits per heavy atom. The second-order valence-corrected chi connectivity index (χ2v) is 6.05. The van der Waals surface area contributed by atoms with Crippen molar-refractivity contribution < 1.29 is 4.79 Å². The first-order valence-electron chi connectivity index (χ1n) is 7.74. The van der Waals surface area contributed by atoms with Crippen molar-refractivity contribution >= 4 is 11.6 Å². The van der Waals surface area contributed by atoms with Crippen molar-refractivity contribution in [3.8, 4) is 5.69 Å². The summed E-state index contributed by atoms with van der Waals surface area (Å²) in [4.78, 5) is 12.4. The Morgan fingerprint density at radius 2 is 2.00 bits per heavy atom. The van der Waals surface area contributed by atoms with Crippen LogP contribution in [0.5, 0.6) is 0 Å². The fraction of sp³-hybridized carbons (Fsp3) is 0.412. The van der Waals surface area contributed by atoms with Gasteiger partial charge in [0.1, 0.15) is 0 Å². The van der Waals surface area contributed by atoms with E-state index >= 15 is 0 Å². The summed E-state index contributed by atoms with van der Waals surface area (Å²) in [5.74, 6) is 0.0839. The lowest BCUT2D eigenvalue weighted by Gasteiger charge is -2.11. The molecule has 1 aromatic carbocycles. The predicted octanol–water partition coefficient (Wildman–Crippen LogP) is 2.56. The normalized spacial score (nSPS) is 21.0. The molecule has 1 fully saturated rings. The summed E-state index contributed by atoms with van der Waals surface area (Å²) in [7, 11) is 0. The van der Waals surface area contributed by atoms with Gasteiger partial charge in [0.15, 0.2) is 0 Å². The molecule has 22 heavy (non-hydrogen) atoms. The number of hydrogen-bond donors (Lipinski definition) is 2. The summed E-state index contributed by atoms with van der Waals surface area (Å²) in [5.41, 5.74) is 9.48. The zero-order chi connectivity index (χ0) is 15.7. The van der Waals surface area contributed by atoms with Crippen molar-refractivity contribution in [1.29, 1.82) is 0 Å². The van der Waals surface area contributed by atoms with Gasteiger partial charge in [-0.15, -0.1) is 0 Å². The molecular formula is C17H22N4O. The quantitative estimate of drug-likeness (QED) is 0.914. The van der Waals surface area contributed by atoms with E-state index in [2.05, 4.69) is 10.4 Å². The van der Waals surface area contributed by atoms with Crippen molar-refractivity contribution in [3.63, 3.8) is 0 Å². The molecule has 1 aliphatic carbocycles. The van der Waals surface area contributed by atoms with Gasteiger partial charge in [-0.3, -0.25) is 4.79 Å². The number of rotatable bonds is 3. The number of anilines is 1. The second kappa shape index (κ2) is 5.93. The van der Waals surface area contributed by atoms with Gasteiger partial charge in [0.05, 0.1) is 22.8 Å². The molecule has 1 aromatic heterocycles. The number of aromatic nitrogens is 2. The van der Waals surface area contributed by atoms with E-state index in [1.165, 1.54) is 0 Å². The lowest BCUT2D eigenvalue weighted by Crippen LogP contribution is -2.23. The largest absolute Gasteiger partial charge is 0.328 e. The van der Waals surface area contributed by atoms with Crippen LogP contribution in [0.2, 0.25) is 0 Å². The molecule has 1 saturated carbocycles. The van der Waals surface area contributed by atoms with Crippen molar-refractivity contribution in [2.45, 2.75) is 39.2 Å². The highest BCUT2D eigenvalue weighted by Crippen LogP contribution is 2.28. The first-order chi connectivity index (χ1) is 10.6. The van der Waals surface area contributed by atoms with Crippen LogP contribution in [0, 0.1) is 19.8 Å². The van der Waals surface area contributed by atoms with Gasteiger partial charge < -0.3 is 11.1 Å². The molecule has 1 aliphatic rings. The maximum absolute atomic E-state index is 12.4. The van der Waals surface area contributed by atoms with Crippen LogP contribution < -0.4 is 11.1 Å². The summed E-state index contributed by atoms with van der Waals surface area (Å²) >= 11 is 0. The number of nitrogens with zero attached hydrogens (tertiary/aromatic N) is 2. The van der Waals surface area contributed by atoms with E-state index in [-0.39, 0.29) is 17.9 Å². The highest BCUT2D eigenvalue weighted by atomic mass is 16.1. The highest BCUT2D eigenvalue weighted by Gasteiger charge is 2.28. The zero-order valence-corrected chi connectivity index (χ0v) is 13.0. The van der Waals surface area contributed by atoms with E-state index in [1.807, 2.05) is 48.9 Å². The molecule has 5 nitrogen and oxygen atoms in total. The molecule has 1 heterocycles. The summed E-state index contributed by atoms with van der Waals surface area (Å²) in [6.07, 6.45) is 2.58. The fourth-order valence-corrected chi connectivity index (χ4v) is 3.12. The third-order valence-electron chi connectivity index (χ3n) is 4.38. The summed E-state index contributed by atoms with van der Waals surface area (Å²) in [5, 5.41) is 7.61. The van der Waals surface area contributed by atoms with E-state index in [1.54, 1.807) is 0 Å². The molecule has 116 valence electrons. The number of nitrogens with one attached hydrogen (secondary N) is 1. The molecule has 3 rings (SSSR count). The van der Waals surface area contributed by atoms with Crippen LogP contribution in [-0.4, -0.2) is 21.7 Å². The average Bonchev–Trinajstić information content (AvgIpc) is 3.07. The van der Waals surface area contributed by atoms with E-state index in [0.717, 1.165) is 42.0 Å². The number of aryl methyl sites for hydroxylation is 1. The first-order valence-corrected chi connectivity index (χ1v) is 7.74. The Bertz CT molecular complexity index is 677. The van der Waals surface area contributed by atoms with Gasteiger partial charge in [0, 0.05) is 12.0 Å². The van der Waals surface area contributed by atoms with Gasteiger partial charge in [-0.1, -0.05) is 18.2 Å². The Hall–Kier alpha value is -2.14. The fourth-order valence-electron chi connectivity index (χ4n) is 3.12. The zero-order valence-electron chi connectivity index (χ0n) is 13.0. The van der Waals surface area contributed by atoms with Gasteiger partial charge in [-0.05, 0) is 45.2 Å². The number of benzene rings is 1. The topological polar surface area (TPSA) is 72.9 Å². The van der Waals surface area contributed by atoms with Crippen molar-refractivity contribution in [3.05, 3.63) is 41.7 Å². The summed E-state index contributed by atoms with van der Waals surface area (Å²) in [6.45, 7) is 3.89. The number of carbonyl (C=O) groups is 1. The second-order valence-electron chi connectivity index (χ2n) is 6.05. The first kappa shape index (κ1) is 14.8. The van der Waals surface area contributed by atoms with Crippen LogP contribution in [0.4, 0.5) is 5.69 Å². The van der Waals surface area contributed by atoms with Crippen molar-refractivity contribution in [1.82, 2.24) is 9.78 Å². The molecule has 0 saturated heterocycles. The third-order valence-corrected chi connectivity index (χ3v) is 4.38. The van der Waals surface area contributed by atoms with Gasteiger partial charge in [0.25, 0.3) is 0 Å². The minimum atomic E-state index is 0.0221. The Morgan fingerprint density at radius 1 is 1.27 bits per heavy atom. The van der Waals surface area contributed by atoms with Crippen LogP contribution in [0.15, 0.2) is 30.3 Å². The molecule has 5 heteroatoms. The number of para-hydroxylation sites is 1. The molecule has 0 spiro atoms. The lowest BCUT2D eigenvalue weighted by atomic mass is 10.1. The van der Waals surface area contributed by atoms with Crippen LogP contribution >= 0.6 is 0 Å². The molecule has 2 aromatic rings. The Kier molecular flexibility index (Phi) is 3.98. The van der Waals surface area contributed by atoms with Crippen molar-refractivity contribution in [2.24, 2.45) is 11.7 Å². The average molecular weight is 298 g/mol. The maximum Gasteiger partial charge on any atom is 0.227 e. The van der Waals surface area contributed by atoms with Gasteiger partial charge in [-0.2, -0.15) is 5.10 Å². The molecule has 2 unspecified atom stereocenters. The molecule has 0 radical (unpaired) electrons. The van der Waals surface area contributed by atoms with E-state index in [4.69, 9.17) is 5.73 Å². The Labute approximate surface area is 130 Å². The van der Waals surface area contributed by atoms with Crippen LogP contribution in [0.25, 0.3) is 5.69 Å². The summed E-state index contributed by atoms with van der Waals surface area (Å²) < 4.78 is 1.87. The van der Waals surface area contributed by atoms with E-state index in [0.29, 0.717) is 0 Å². The van der Waals surface area contributed by atoms with Gasteiger partial charge >= 0.3 is 0 Å². The number of amides is 1. The third kappa shape index (κ3) is 2.76. The number of carbonyl (C=O) groups excluding carboxylic acids is 1. The minimum absolute atomic E-state index is 0.0221. The van der Waals surface area contributed by atoms with Crippen LogP contribution in [0.3, 0.4) is 0 Å². The van der Waals surface area contributed by atoms with Gasteiger partial charge in [0.2, 0.25) is 5.91 Å². The standard InChI is InChI=1S/C17H22N4O/c1-11-16(19-17(22)13-8-9-14(18)10-13)12(2)21(20-11)15-6-4-3-5-7-15/h3-7,13-14H,8-10,18H2,1-2H3,(H,19,22). The number of nitrogens with two attached hydrogens (primary N) is 1. The molecule has 1 amide bonds. The van der Waals surface area contributed by atoms with Crippen LogP contribution in [-0.2, 0) is 4.79 Å².